The summed E-state index contributed by atoms with van der Waals surface area (Å²) in [4.78, 5) is 0. The number of alkyl halides is 4. The summed E-state index contributed by atoms with van der Waals surface area (Å²) in [6, 6.07) is 10.4. The van der Waals surface area contributed by atoms with Crippen molar-refractivity contribution in [2.24, 2.45) is 0 Å². The molecule has 0 fully saturated rings. The number of rotatable bonds is 3. The molecule has 0 saturated carbocycles. The van der Waals surface area contributed by atoms with Crippen LogP contribution in [0.4, 0.5) is 17.6 Å². The molecule has 1 aliphatic rings. The van der Waals surface area contributed by atoms with Crippen LogP contribution in [0, 0.1) is 0 Å². The number of benzene rings is 2. The lowest BCUT2D eigenvalue weighted by molar-refractivity contribution is -0.224. The van der Waals surface area contributed by atoms with Gasteiger partial charge in [0.05, 0.1) is 0 Å². The molecule has 1 heterocycles. The van der Waals surface area contributed by atoms with Gasteiger partial charge >= 0.3 is 11.8 Å². The molecule has 110 valence electrons. The lowest BCUT2D eigenvalue weighted by Gasteiger charge is -2.28. The highest BCUT2D eigenvalue weighted by Gasteiger charge is 2.59. The highest BCUT2D eigenvalue weighted by atomic mass is 19.3. The zero-order valence-electron chi connectivity index (χ0n) is 11.0. The Kier molecular flexibility index (Phi) is 3.24. The first-order valence-electron chi connectivity index (χ1n) is 6.57. The zero-order chi connectivity index (χ0) is 15.1. The molecule has 2 aromatic carbocycles. The van der Waals surface area contributed by atoms with Crippen molar-refractivity contribution < 1.29 is 17.6 Å². The van der Waals surface area contributed by atoms with E-state index in [9.17, 15) is 17.6 Å². The van der Waals surface area contributed by atoms with Crippen molar-refractivity contribution in [2.45, 2.75) is 24.9 Å². The van der Waals surface area contributed by atoms with Gasteiger partial charge in [-0.1, -0.05) is 48.5 Å². The lowest BCUT2D eigenvalue weighted by atomic mass is 9.91. The van der Waals surface area contributed by atoms with E-state index in [0.717, 1.165) is 18.2 Å². The van der Waals surface area contributed by atoms with Gasteiger partial charge in [-0.3, -0.25) is 0 Å². The average molecular weight is 295 g/mol. The summed E-state index contributed by atoms with van der Waals surface area (Å²) >= 11 is 0. The molecule has 0 bridgehead atoms. The number of halogens is 4. The summed E-state index contributed by atoms with van der Waals surface area (Å²) < 4.78 is 57.6. The number of hydrogen-bond donors (Lipinski definition) is 1. The molecule has 0 aromatic heterocycles. The molecule has 1 N–H and O–H groups in total. The fraction of sp³-hybridized carbons (Fsp3) is 0.250. The molecule has 0 aliphatic carbocycles. The van der Waals surface area contributed by atoms with Gasteiger partial charge in [-0.15, -0.1) is 0 Å². The Morgan fingerprint density at radius 2 is 1.48 bits per heavy atom. The lowest BCUT2D eigenvalue weighted by Crippen LogP contribution is -2.36. The monoisotopic (exact) mass is 295 g/mol. The fourth-order valence-electron chi connectivity index (χ4n) is 2.62. The molecule has 0 radical (unpaired) electrons. The van der Waals surface area contributed by atoms with Crippen LogP contribution in [0.1, 0.15) is 22.3 Å². The van der Waals surface area contributed by atoms with E-state index in [0.29, 0.717) is 12.1 Å². The normalized spacial score (nSPS) is 15.0. The average Bonchev–Trinajstić information content (AvgIpc) is 2.96. The predicted octanol–water partition coefficient (Wildman–Crippen LogP) is 4.17. The molecular formula is C16H13F4N. The molecule has 1 nitrogen and oxygen atoms in total. The summed E-state index contributed by atoms with van der Waals surface area (Å²) in [5.74, 6) is -8.52. The molecule has 0 saturated heterocycles. The first kappa shape index (κ1) is 14.1. The third kappa shape index (κ3) is 2.12. The Hall–Kier alpha value is -1.88. The Balaban J connectivity index is 2.11. The second-order valence-corrected chi connectivity index (χ2v) is 5.06. The first-order valence-corrected chi connectivity index (χ1v) is 6.57. The van der Waals surface area contributed by atoms with Gasteiger partial charge in [0.25, 0.3) is 0 Å². The standard InChI is InChI=1S/C16H13F4N/c17-15(18,12-6-2-1-3-7-12)16(19,20)14-8-4-5-11-9-21-10-13(11)14/h1-8,21H,9-10H2. The molecule has 2 aromatic rings. The first-order chi connectivity index (χ1) is 9.94. The summed E-state index contributed by atoms with van der Waals surface area (Å²) in [7, 11) is 0. The number of fused-ring (bicyclic) bond motifs is 1. The maximum Gasteiger partial charge on any atom is 0.340 e. The number of hydrogen-bond acceptors (Lipinski definition) is 1. The van der Waals surface area contributed by atoms with Gasteiger partial charge in [-0.25, -0.2) is 0 Å². The fourth-order valence-corrected chi connectivity index (χ4v) is 2.62. The van der Waals surface area contributed by atoms with Crippen LogP contribution < -0.4 is 5.32 Å². The van der Waals surface area contributed by atoms with Crippen molar-refractivity contribution in [3.8, 4) is 0 Å². The minimum Gasteiger partial charge on any atom is -0.309 e. The molecular weight excluding hydrogens is 282 g/mol. The van der Waals surface area contributed by atoms with Crippen molar-refractivity contribution in [2.75, 3.05) is 0 Å². The molecule has 0 atom stereocenters. The minimum atomic E-state index is -4.26. The topological polar surface area (TPSA) is 12.0 Å². The van der Waals surface area contributed by atoms with Gasteiger partial charge in [0, 0.05) is 24.2 Å². The Bertz CT molecular complexity index is 653. The largest absolute Gasteiger partial charge is 0.340 e. The van der Waals surface area contributed by atoms with Crippen molar-refractivity contribution >= 4 is 0 Å². The van der Waals surface area contributed by atoms with Gasteiger partial charge in [-0.2, -0.15) is 17.6 Å². The van der Waals surface area contributed by atoms with Crippen LogP contribution >= 0.6 is 0 Å². The highest BCUT2D eigenvalue weighted by Crippen LogP contribution is 2.50. The zero-order valence-corrected chi connectivity index (χ0v) is 11.0. The van der Waals surface area contributed by atoms with Gasteiger partial charge in [0.2, 0.25) is 0 Å². The Morgan fingerprint density at radius 1 is 0.762 bits per heavy atom. The van der Waals surface area contributed by atoms with E-state index in [1.165, 1.54) is 24.3 Å². The molecule has 1 aliphatic heterocycles. The molecule has 5 heteroatoms. The van der Waals surface area contributed by atoms with Crippen LogP contribution in [0.25, 0.3) is 0 Å². The van der Waals surface area contributed by atoms with E-state index < -0.39 is 23.0 Å². The van der Waals surface area contributed by atoms with Crippen LogP contribution in [-0.4, -0.2) is 0 Å². The third-order valence-corrected chi connectivity index (χ3v) is 3.76. The van der Waals surface area contributed by atoms with Gasteiger partial charge < -0.3 is 5.32 Å². The summed E-state index contributed by atoms with van der Waals surface area (Å²) in [6.07, 6.45) is 0. The second-order valence-electron chi connectivity index (χ2n) is 5.06. The van der Waals surface area contributed by atoms with Crippen LogP contribution in [0.5, 0.6) is 0 Å². The van der Waals surface area contributed by atoms with E-state index in [-0.39, 0.29) is 12.1 Å². The van der Waals surface area contributed by atoms with Crippen molar-refractivity contribution in [1.82, 2.24) is 5.32 Å². The quantitative estimate of drug-likeness (QED) is 0.838. The van der Waals surface area contributed by atoms with Crippen LogP contribution in [0.2, 0.25) is 0 Å². The van der Waals surface area contributed by atoms with E-state index >= 15 is 0 Å². The van der Waals surface area contributed by atoms with Crippen molar-refractivity contribution in [1.29, 1.82) is 0 Å². The SMILES string of the molecule is FC(F)(c1ccccc1)C(F)(F)c1cccc2c1CNC2. The van der Waals surface area contributed by atoms with Crippen molar-refractivity contribution in [3.05, 3.63) is 70.8 Å². The minimum absolute atomic E-state index is 0.186. The molecule has 0 spiro atoms. The number of nitrogens with one attached hydrogen (secondary N) is 1. The molecule has 21 heavy (non-hydrogen) atoms. The van der Waals surface area contributed by atoms with Gasteiger partial charge in [0.1, 0.15) is 0 Å². The van der Waals surface area contributed by atoms with Gasteiger partial charge in [0.15, 0.2) is 0 Å². The van der Waals surface area contributed by atoms with E-state index in [4.69, 9.17) is 0 Å². The maximum absolute atomic E-state index is 14.5. The third-order valence-electron chi connectivity index (χ3n) is 3.76. The summed E-state index contributed by atoms with van der Waals surface area (Å²) in [5.41, 5.74) is -0.355. The van der Waals surface area contributed by atoms with Crippen LogP contribution in [0.15, 0.2) is 48.5 Å². The van der Waals surface area contributed by atoms with Crippen LogP contribution in [-0.2, 0) is 24.9 Å². The van der Waals surface area contributed by atoms with Gasteiger partial charge in [-0.05, 0) is 11.1 Å². The van der Waals surface area contributed by atoms with E-state index in [1.54, 1.807) is 6.07 Å². The van der Waals surface area contributed by atoms with E-state index in [1.807, 2.05) is 0 Å². The maximum atomic E-state index is 14.5. The Morgan fingerprint density at radius 3 is 2.19 bits per heavy atom. The predicted molar refractivity (Wildman–Crippen MR) is 71.2 cm³/mol. The molecule has 3 rings (SSSR count). The highest BCUT2D eigenvalue weighted by molar-refractivity contribution is 5.42. The van der Waals surface area contributed by atoms with Crippen molar-refractivity contribution in [3.63, 3.8) is 0 Å². The molecule has 0 amide bonds. The molecule has 0 unspecified atom stereocenters. The smallest absolute Gasteiger partial charge is 0.309 e. The van der Waals surface area contributed by atoms with E-state index in [2.05, 4.69) is 5.32 Å². The summed E-state index contributed by atoms with van der Waals surface area (Å²) in [5, 5.41) is 2.91. The summed E-state index contributed by atoms with van der Waals surface area (Å²) in [6.45, 7) is 0.613. The Labute approximate surface area is 119 Å². The van der Waals surface area contributed by atoms with Crippen LogP contribution in [0.3, 0.4) is 0 Å². The second kappa shape index (κ2) is 4.84.